The van der Waals surface area contributed by atoms with E-state index in [-0.39, 0.29) is 37.4 Å². The predicted octanol–water partition coefficient (Wildman–Crippen LogP) is 5.29. The number of rotatable bonds is 12. The van der Waals surface area contributed by atoms with Crippen molar-refractivity contribution in [3.05, 3.63) is 131 Å². The number of ether oxygens (including phenoxy) is 3. The summed E-state index contributed by atoms with van der Waals surface area (Å²) in [6, 6.07) is 32.2. The Morgan fingerprint density at radius 3 is 2.29 bits per heavy atom. The second kappa shape index (κ2) is 17.1. The average molecular weight is 694 g/mol. The van der Waals surface area contributed by atoms with Crippen LogP contribution < -0.4 is 10.6 Å². The molecule has 4 aromatic rings. The zero-order valence-corrected chi connectivity index (χ0v) is 29.1. The molecule has 4 N–H and O–H groups in total. The molecule has 0 radical (unpaired) electrons. The molecule has 0 unspecified atom stereocenters. The van der Waals surface area contributed by atoms with Gasteiger partial charge in [0.1, 0.15) is 6.04 Å². The molecule has 6 rings (SSSR count). The molecule has 2 saturated heterocycles. The number of carbonyl (C=O) groups excluding carboxylic acids is 2. The number of urea groups is 1. The summed E-state index contributed by atoms with van der Waals surface area (Å²) in [6.07, 6.45) is -0.121. The molecular formula is C41H47N3O7. The zero-order chi connectivity index (χ0) is 35.7. The summed E-state index contributed by atoms with van der Waals surface area (Å²) in [5.41, 5.74) is 6.60. The van der Waals surface area contributed by atoms with E-state index in [2.05, 4.69) is 22.5 Å². The van der Waals surface area contributed by atoms with Gasteiger partial charge in [-0.2, -0.15) is 0 Å². The molecule has 2 aliphatic rings. The number of benzene rings is 4. The van der Waals surface area contributed by atoms with Crippen LogP contribution in [0, 0.1) is 5.92 Å². The van der Waals surface area contributed by atoms with Crippen molar-refractivity contribution >= 4 is 12.0 Å². The molecule has 2 heterocycles. The SMILES string of the molecule is COC(=O)[C@H](Cc1ccccc1)NC(=O)NCc1cccc(-c2ccc([C@@H]3O[C@H](CN4CC[C@H](O)C4)[C@H](C)[C@H](c4ccc(CO)cc4)O3)cc2)c1. The smallest absolute Gasteiger partial charge is 0.328 e. The van der Waals surface area contributed by atoms with Crippen LogP contribution in [-0.2, 0) is 38.6 Å². The monoisotopic (exact) mass is 693 g/mol. The number of carbonyl (C=O) groups is 2. The number of aliphatic hydroxyl groups is 2. The van der Waals surface area contributed by atoms with E-state index in [1.165, 1.54) is 7.11 Å². The maximum absolute atomic E-state index is 12.8. The van der Waals surface area contributed by atoms with Crippen LogP contribution in [0.25, 0.3) is 11.1 Å². The highest BCUT2D eigenvalue weighted by Crippen LogP contribution is 2.42. The standard InChI is InChI=1S/C41H47N3O7/c1-27-37(25-44-20-19-35(46)24-44)50-40(51-38(27)32-13-11-29(26-45)12-14-32)33-17-15-31(16-18-33)34-10-6-9-30(21-34)23-42-41(48)43-36(39(47)49-2)22-28-7-4-3-5-8-28/h3-18,21,27,35-38,40,45-46H,19-20,22-26H2,1-2H3,(H2,42,43,48)/t27-,35-,36-,37+,38+,40+/m0/s1. The van der Waals surface area contributed by atoms with Gasteiger partial charge in [-0.25, -0.2) is 9.59 Å². The van der Waals surface area contributed by atoms with E-state index in [9.17, 15) is 19.8 Å². The number of hydrogen-bond acceptors (Lipinski definition) is 8. The lowest BCUT2D eigenvalue weighted by Gasteiger charge is -2.42. The summed E-state index contributed by atoms with van der Waals surface area (Å²) in [5.74, 6) is -0.445. The van der Waals surface area contributed by atoms with Crippen molar-refractivity contribution in [3.8, 4) is 11.1 Å². The van der Waals surface area contributed by atoms with E-state index in [1.54, 1.807) is 0 Å². The molecule has 2 aliphatic heterocycles. The van der Waals surface area contributed by atoms with E-state index in [0.717, 1.165) is 51.9 Å². The maximum atomic E-state index is 12.8. The Morgan fingerprint density at radius 2 is 1.61 bits per heavy atom. The van der Waals surface area contributed by atoms with Crippen LogP contribution in [0.5, 0.6) is 0 Å². The second-order valence-electron chi connectivity index (χ2n) is 13.4. The van der Waals surface area contributed by atoms with Gasteiger partial charge in [0.2, 0.25) is 0 Å². The first-order valence-electron chi connectivity index (χ1n) is 17.6. The topological polar surface area (TPSA) is 130 Å². The summed E-state index contributed by atoms with van der Waals surface area (Å²) >= 11 is 0. The van der Waals surface area contributed by atoms with Crippen LogP contribution in [-0.4, -0.2) is 72.1 Å². The third kappa shape index (κ3) is 9.40. The number of amides is 2. The molecule has 0 spiro atoms. The molecule has 10 nitrogen and oxygen atoms in total. The highest BCUT2D eigenvalue weighted by Gasteiger charge is 2.40. The molecule has 0 aliphatic carbocycles. The Hall–Kier alpha value is -4.58. The maximum Gasteiger partial charge on any atom is 0.328 e. The van der Waals surface area contributed by atoms with E-state index < -0.39 is 24.3 Å². The lowest BCUT2D eigenvalue weighted by molar-refractivity contribution is -0.276. The number of methoxy groups -OCH3 is 1. The number of nitrogens with one attached hydrogen (secondary N) is 2. The van der Waals surface area contributed by atoms with Crippen molar-refractivity contribution < 1.29 is 34.0 Å². The molecule has 4 aromatic carbocycles. The first kappa shape index (κ1) is 36.2. The van der Waals surface area contributed by atoms with E-state index in [0.29, 0.717) is 19.5 Å². The minimum Gasteiger partial charge on any atom is -0.467 e. The lowest BCUT2D eigenvalue weighted by atomic mass is 9.90. The zero-order valence-electron chi connectivity index (χ0n) is 29.1. The quantitative estimate of drug-likeness (QED) is 0.148. The van der Waals surface area contributed by atoms with Gasteiger partial charge in [0.05, 0.1) is 32.0 Å². The molecule has 10 heteroatoms. The van der Waals surface area contributed by atoms with Crippen LogP contribution in [0.2, 0.25) is 0 Å². The summed E-state index contributed by atoms with van der Waals surface area (Å²) in [4.78, 5) is 27.4. The van der Waals surface area contributed by atoms with Crippen molar-refractivity contribution in [3.63, 3.8) is 0 Å². The number of hydrogen-bond donors (Lipinski definition) is 4. The highest BCUT2D eigenvalue weighted by molar-refractivity contribution is 5.83. The van der Waals surface area contributed by atoms with Crippen LogP contribution >= 0.6 is 0 Å². The summed E-state index contributed by atoms with van der Waals surface area (Å²) < 4.78 is 18.2. The summed E-state index contributed by atoms with van der Waals surface area (Å²) in [7, 11) is 1.31. The summed E-state index contributed by atoms with van der Waals surface area (Å²) in [6.45, 7) is 4.59. The Kier molecular flexibility index (Phi) is 12.1. The number of esters is 1. The number of likely N-dealkylation sites (tertiary alicyclic amines) is 1. The van der Waals surface area contributed by atoms with Crippen molar-refractivity contribution in [2.24, 2.45) is 5.92 Å². The Labute approximate surface area is 299 Å². The largest absolute Gasteiger partial charge is 0.467 e. The van der Waals surface area contributed by atoms with Gasteiger partial charge in [-0.15, -0.1) is 0 Å². The van der Waals surface area contributed by atoms with Gasteiger partial charge in [0, 0.05) is 44.1 Å². The Bertz CT molecular complexity index is 1730. The predicted molar refractivity (Wildman–Crippen MR) is 193 cm³/mol. The van der Waals surface area contributed by atoms with Crippen molar-refractivity contribution in [2.45, 2.75) is 63.6 Å². The second-order valence-corrected chi connectivity index (χ2v) is 13.4. The summed E-state index contributed by atoms with van der Waals surface area (Å²) in [5, 5.41) is 25.3. The van der Waals surface area contributed by atoms with E-state index in [4.69, 9.17) is 14.2 Å². The molecule has 0 saturated carbocycles. The fraction of sp³-hybridized carbons (Fsp3) is 0.366. The van der Waals surface area contributed by atoms with Gasteiger partial charge < -0.3 is 35.1 Å². The van der Waals surface area contributed by atoms with Gasteiger partial charge in [0.15, 0.2) is 6.29 Å². The first-order chi connectivity index (χ1) is 24.8. The van der Waals surface area contributed by atoms with E-state index >= 15 is 0 Å². The minimum absolute atomic E-state index is 0.0131. The molecule has 2 fully saturated rings. The molecule has 268 valence electrons. The van der Waals surface area contributed by atoms with Gasteiger partial charge in [-0.05, 0) is 45.9 Å². The third-order valence-corrected chi connectivity index (χ3v) is 9.78. The van der Waals surface area contributed by atoms with Crippen molar-refractivity contribution in [1.29, 1.82) is 0 Å². The number of nitrogens with zero attached hydrogens (tertiary/aromatic N) is 1. The van der Waals surface area contributed by atoms with Crippen LogP contribution in [0.4, 0.5) is 4.79 Å². The Balaban J connectivity index is 1.11. The molecular weight excluding hydrogens is 646 g/mol. The normalized spacial score (nSPS) is 22.6. The first-order valence-corrected chi connectivity index (χ1v) is 17.6. The fourth-order valence-electron chi connectivity index (χ4n) is 6.83. The average Bonchev–Trinajstić information content (AvgIpc) is 3.58. The molecule has 0 aromatic heterocycles. The van der Waals surface area contributed by atoms with Gasteiger partial charge in [-0.3, -0.25) is 4.90 Å². The third-order valence-electron chi connectivity index (χ3n) is 9.78. The fourth-order valence-corrected chi connectivity index (χ4v) is 6.83. The highest BCUT2D eigenvalue weighted by atomic mass is 16.7. The lowest BCUT2D eigenvalue weighted by Crippen LogP contribution is -2.47. The van der Waals surface area contributed by atoms with Crippen LogP contribution in [0.1, 0.15) is 53.6 Å². The van der Waals surface area contributed by atoms with Gasteiger partial charge in [0.25, 0.3) is 0 Å². The van der Waals surface area contributed by atoms with Crippen molar-refractivity contribution in [2.75, 3.05) is 26.7 Å². The molecule has 51 heavy (non-hydrogen) atoms. The van der Waals surface area contributed by atoms with E-state index in [1.807, 2.05) is 103 Å². The number of β-amino-alcohol motifs (C(OH)–C–C–N with tert-alkyl or cyclic N) is 1. The number of aliphatic hydroxyl groups excluding tert-OH is 2. The van der Waals surface area contributed by atoms with Gasteiger partial charge in [-0.1, -0.05) is 104 Å². The van der Waals surface area contributed by atoms with Crippen LogP contribution in [0.15, 0.2) is 103 Å². The van der Waals surface area contributed by atoms with Crippen molar-refractivity contribution in [1.82, 2.24) is 15.5 Å². The van der Waals surface area contributed by atoms with Gasteiger partial charge >= 0.3 is 12.0 Å². The molecule has 6 atom stereocenters. The van der Waals surface area contributed by atoms with Crippen LogP contribution in [0.3, 0.4) is 0 Å². The Morgan fingerprint density at radius 1 is 0.882 bits per heavy atom. The minimum atomic E-state index is -0.812. The molecule has 0 bridgehead atoms. The molecule has 2 amide bonds.